The minimum absolute atomic E-state index is 0.103. The van der Waals surface area contributed by atoms with Crippen molar-refractivity contribution in [1.82, 2.24) is 14.9 Å². The van der Waals surface area contributed by atoms with E-state index < -0.39 is 5.97 Å². The number of aryl methyl sites for hydroxylation is 1. The second-order valence-corrected chi connectivity index (χ2v) is 11.3. The maximum atomic E-state index is 12.7. The summed E-state index contributed by atoms with van der Waals surface area (Å²) in [6, 6.07) is 31.6. The molecule has 0 aliphatic carbocycles. The van der Waals surface area contributed by atoms with Crippen LogP contribution in [0.2, 0.25) is 0 Å². The number of para-hydroxylation sites is 2. The highest BCUT2D eigenvalue weighted by Crippen LogP contribution is 2.44. The van der Waals surface area contributed by atoms with Gasteiger partial charge in [0.2, 0.25) is 0 Å². The summed E-state index contributed by atoms with van der Waals surface area (Å²) in [5.74, 6) is -0.0346. The van der Waals surface area contributed by atoms with E-state index in [1.54, 1.807) is 24.4 Å². The molecule has 0 bridgehead atoms. The van der Waals surface area contributed by atoms with Gasteiger partial charge in [-0.3, -0.25) is 9.78 Å². The normalized spacial score (nSPS) is 15.7. The Morgan fingerprint density at radius 2 is 1.65 bits per heavy atom. The molecule has 1 amide bonds. The van der Waals surface area contributed by atoms with Gasteiger partial charge in [-0.15, -0.1) is 0 Å². The van der Waals surface area contributed by atoms with Gasteiger partial charge in [0.1, 0.15) is 5.75 Å². The molecular formula is C36H33N5O4S. The number of aromatic nitrogens is 2. The van der Waals surface area contributed by atoms with E-state index in [2.05, 4.69) is 31.2 Å². The molecule has 1 fully saturated rings. The summed E-state index contributed by atoms with van der Waals surface area (Å²) >= 11 is 5.94. The molecule has 0 radical (unpaired) electrons. The first kappa shape index (κ1) is 30.5. The van der Waals surface area contributed by atoms with Gasteiger partial charge in [0.25, 0.3) is 5.91 Å². The van der Waals surface area contributed by atoms with Crippen molar-refractivity contribution in [3.63, 3.8) is 0 Å². The van der Waals surface area contributed by atoms with Crippen LogP contribution >= 0.6 is 12.2 Å². The highest BCUT2D eigenvalue weighted by atomic mass is 32.1. The molecule has 10 heteroatoms. The molecule has 0 unspecified atom stereocenters. The van der Waals surface area contributed by atoms with E-state index in [1.165, 1.54) is 7.11 Å². The van der Waals surface area contributed by atoms with Gasteiger partial charge in [-0.25, -0.2) is 4.79 Å². The number of nitrogens with zero attached hydrogens (tertiary/aromatic N) is 3. The van der Waals surface area contributed by atoms with Crippen molar-refractivity contribution in [2.24, 2.45) is 0 Å². The second kappa shape index (κ2) is 13.3. The van der Waals surface area contributed by atoms with Crippen LogP contribution in [-0.4, -0.2) is 40.3 Å². The zero-order valence-electron chi connectivity index (χ0n) is 25.6. The number of nitrogens with one attached hydrogen (secondary N) is 2. The standard InChI is InChI=1S/C36H33N5O4S/c1-23-21-29(24(2)40(23)31-15-8-7-13-28(31)35(43)44-3)34-33(30-14-9-10-20-37-30)39-36(46)41(34)26-18-16-25(17-19-26)38-32(42)22-45-27-11-5-4-6-12-27/h4-21,33-34H,22H2,1-3H3,(H,38,42)(H,39,46)/t33-,34-/m0/s1. The lowest BCUT2D eigenvalue weighted by molar-refractivity contribution is -0.118. The number of ether oxygens (including phenoxy) is 2. The number of pyridine rings is 1. The van der Waals surface area contributed by atoms with Crippen LogP contribution < -0.4 is 20.3 Å². The average Bonchev–Trinajstić information content (AvgIpc) is 3.58. The molecule has 1 saturated heterocycles. The van der Waals surface area contributed by atoms with Crippen molar-refractivity contribution < 1.29 is 19.1 Å². The summed E-state index contributed by atoms with van der Waals surface area (Å²) in [5, 5.41) is 6.95. The number of hydrogen-bond acceptors (Lipinski definition) is 6. The first-order valence-corrected chi connectivity index (χ1v) is 15.2. The van der Waals surface area contributed by atoms with Crippen LogP contribution in [0.4, 0.5) is 11.4 Å². The number of esters is 1. The van der Waals surface area contributed by atoms with Gasteiger partial charge in [-0.05, 0) is 98.4 Å². The third-order valence-corrected chi connectivity index (χ3v) is 8.29. The Balaban J connectivity index is 1.33. The number of amides is 1. The van der Waals surface area contributed by atoms with Gasteiger partial charge in [-0.2, -0.15) is 0 Å². The minimum Gasteiger partial charge on any atom is -0.484 e. The van der Waals surface area contributed by atoms with E-state index in [1.807, 2.05) is 92.7 Å². The lowest BCUT2D eigenvalue weighted by Gasteiger charge is -2.28. The van der Waals surface area contributed by atoms with Crippen molar-refractivity contribution in [1.29, 1.82) is 0 Å². The van der Waals surface area contributed by atoms with Crippen molar-refractivity contribution in [2.75, 3.05) is 23.9 Å². The highest BCUT2D eigenvalue weighted by molar-refractivity contribution is 7.80. The van der Waals surface area contributed by atoms with Crippen LogP contribution in [-0.2, 0) is 9.53 Å². The van der Waals surface area contributed by atoms with Crippen LogP contribution in [0.25, 0.3) is 5.69 Å². The third kappa shape index (κ3) is 6.07. The molecule has 9 nitrogen and oxygen atoms in total. The Hall–Kier alpha value is -5.48. The zero-order chi connectivity index (χ0) is 32.2. The van der Waals surface area contributed by atoms with Crippen molar-refractivity contribution >= 4 is 40.6 Å². The van der Waals surface area contributed by atoms with E-state index in [-0.39, 0.29) is 24.6 Å². The Labute approximate surface area is 272 Å². The number of hydrogen-bond donors (Lipinski definition) is 2. The Morgan fingerprint density at radius 3 is 2.37 bits per heavy atom. The average molecular weight is 632 g/mol. The third-order valence-electron chi connectivity index (χ3n) is 7.98. The molecule has 3 heterocycles. The minimum atomic E-state index is -0.403. The summed E-state index contributed by atoms with van der Waals surface area (Å²) < 4.78 is 12.7. The van der Waals surface area contributed by atoms with Crippen LogP contribution in [0, 0.1) is 13.8 Å². The summed E-state index contributed by atoms with van der Waals surface area (Å²) in [4.78, 5) is 32.0. The van der Waals surface area contributed by atoms with Crippen LogP contribution in [0.5, 0.6) is 5.75 Å². The zero-order valence-corrected chi connectivity index (χ0v) is 26.5. The summed E-state index contributed by atoms with van der Waals surface area (Å²) in [7, 11) is 1.38. The fraction of sp³-hybridized carbons (Fsp3) is 0.167. The van der Waals surface area contributed by atoms with Gasteiger partial charge in [-0.1, -0.05) is 36.4 Å². The quantitative estimate of drug-likeness (QED) is 0.141. The van der Waals surface area contributed by atoms with Crippen molar-refractivity contribution in [3.8, 4) is 11.4 Å². The fourth-order valence-corrected chi connectivity index (χ4v) is 6.27. The first-order chi connectivity index (χ1) is 22.4. The van der Waals surface area contributed by atoms with E-state index >= 15 is 0 Å². The van der Waals surface area contributed by atoms with E-state index in [9.17, 15) is 9.59 Å². The molecule has 0 saturated carbocycles. The molecule has 1 aliphatic heterocycles. The fourth-order valence-electron chi connectivity index (χ4n) is 5.93. The number of methoxy groups -OCH3 is 1. The van der Waals surface area contributed by atoms with Gasteiger partial charge in [0.15, 0.2) is 11.7 Å². The largest absolute Gasteiger partial charge is 0.484 e. The molecule has 2 atom stereocenters. The molecule has 0 spiro atoms. The molecule has 3 aromatic carbocycles. The summed E-state index contributed by atoms with van der Waals surface area (Å²) in [5.41, 5.74) is 6.48. The summed E-state index contributed by atoms with van der Waals surface area (Å²) in [6.45, 7) is 3.96. The van der Waals surface area contributed by atoms with Gasteiger partial charge < -0.3 is 29.6 Å². The second-order valence-electron chi connectivity index (χ2n) is 10.9. The van der Waals surface area contributed by atoms with Crippen LogP contribution in [0.15, 0.2) is 109 Å². The van der Waals surface area contributed by atoms with E-state index in [0.717, 1.165) is 34.0 Å². The molecule has 2 aromatic heterocycles. The predicted molar refractivity (Wildman–Crippen MR) is 182 cm³/mol. The van der Waals surface area contributed by atoms with E-state index in [0.29, 0.717) is 22.1 Å². The highest BCUT2D eigenvalue weighted by Gasteiger charge is 2.42. The Bertz CT molecular complexity index is 1880. The SMILES string of the molecule is COC(=O)c1ccccc1-n1c(C)cc([C@H]2[C@H](c3ccccn3)NC(=S)N2c2ccc(NC(=O)COc3ccccc3)cc2)c1C. The number of thiocarbonyl (C=S) groups is 1. The lowest BCUT2D eigenvalue weighted by atomic mass is 9.96. The van der Waals surface area contributed by atoms with Crippen LogP contribution in [0.3, 0.4) is 0 Å². The topological polar surface area (TPSA) is 97.7 Å². The maximum absolute atomic E-state index is 12.7. The smallest absolute Gasteiger partial charge is 0.339 e. The van der Waals surface area contributed by atoms with Gasteiger partial charge >= 0.3 is 5.97 Å². The maximum Gasteiger partial charge on any atom is 0.339 e. The molecular weight excluding hydrogens is 598 g/mol. The van der Waals surface area contributed by atoms with Crippen molar-refractivity contribution in [2.45, 2.75) is 25.9 Å². The molecule has 6 rings (SSSR count). The molecule has 2 N–H and O–H groups in total. The Kier molecular flexibility index (Phi) is 8.80. The Morgan fingerprint density at radius 1 is 0.935 bits per heavy atom. The molecule has 1 aliphatic rings. The van der Waals surface area contributed by atoms with Crippen LogP contribution in [0.1, 0.15) is 45.1 Å². The van der Waals surface area contributed by atoms with E-state index in [4.69, 9.17) is 21.7 Å². The number of rotatable bonds is 9. The number of benzene rings is 3. The number of carbonyl (C=O) groups excluding carboxylic acids is 2. The number of anilines is 2. The number of carbonyl (C=O) groups is 2. The molecule has 46 heavy (non-hydrogen) atoms. The monoisotopic (exact) mass is 631 g/mol. The first-order valence-electron chi connectivity index (χ1n) is 14.8. The van der Waals surface area contributed by atoms with Gasteiger partial charge in [0.05, 0.1) is 36.1 Å². The molecule has 232 valence electrons. The van der Waals surface area contributed by atoms with Gasteiger partial charge in [0, 0.05) is 29.0 Å². The van der Waals surface area contributed by atoms with Crippen molar-refractivity contribution in [3.05, 3.63) is 138 Å². The molecule has 5 aromatic rings. The predicted octanol–water partition coefficient (Wildman–Crippen LogP) is 6.47. The summed E-state index contributed by atoms with van der Waals surface area (Å²) in [6.07, 6.45) is 1.77. The lowest BCUT2D eigenvalue weighted by Crippen LogP contribution is -2.29.